The van der Waals surface area contributed by atoms with Gasteiger partial charge in [0.05, 0.1) is 16.9 Å². The number of nitrogens with zero attached hydrogens (tertiary/aromatic N) is 1. The molecule has 0 saturated carbocycles. The summed E-state index contributed by atoms with van der Waals surface area (Å²) in [6.45, 7) is 4.27. The predicted octanol–water partition coefficient (Wildman–Crippen LogP) is 3.28. The zero-order chi connectivity index (χ0) is 12.9. The number of anilines is 1. The lowest BCUT2D eigenvalue weighted by molar-refractivity contribution is 0.0637. The van der Waals surface area contributed by atoms with E-state index in [0.717, 1.165) is 23.0 Å². The summed E-state index contributed by atoms with van der Waals surface area (Å²) in [5.41, 5.74) is 0.586. The number of rotatable bonds is 5. The average Bonchev–Trinajstić information content (AvgIpc) is 2.27. The number of halogens is 1. The first-order chi connectivity index (χ1) is 7.98. The molecule has 0 aliphatic carbocycles. The van der Waals surface area contributed by atoms with Crippen LogP contribution in [0.2, 0.25) is 0 Å². The van der Waals surface area contributed by atoms with Crippen molar-refractivity contribution in [1.29, 1.82) is 5.26 Å². The molecule has 92 valence electrons. The molecule has 1 aromatic rings. The Hall–Kier alpha value is -1.05. The second-order valence-corrected chi connectivity index (χ2v) is 5.32. The Morgan fingerprint density at radius 3 is 2.82 bits per heavy atom. The van der Waals surface area contributed by atoms with E-state index in [1.807, 2.05) is 19.1 Å². The van der Waals surface area contributed by atoms with Crippen LogP contribution in [0.1, 0.15) is 32.3 Å². The molecule has 4 heteroatoms. The van der Waals surface area contributed by atoms with Gasteiger partial charge >= 0.3 is 0 Å². The fraction of sp³-hybridized carbons (Fsp3) is 0.462. The summed E-state index contributed by atoms with van der Waals surface area (Å²) in [7, 11) is 0. The van der Waals surface area contributed by atoms with Gasteiger partial charge in [0.25, 0.3) is 0 Å². The van der Waals surface area contributed by atoms with E-state index in [-0.39, 0.29) is 0 Å². The van der Waals surface area contributed by atoms with Gasteiger partial charge in [0.1, 0.15) is 6.07 Å². The largest absolute Gasteiger partial charge is 0.388 e. The minimum absolute atomic E-state index is 0.436. The number of aliphatic hydroxyl groups is 1. The number of nitrogens with one attached hydrogen (secondary N) is 1. The van der Waals surface area contributed by atoms with Crippen LogP contribution in [0.25, 0.3) is 0 Å². The van der Waals surface area contributed by atoms with Crippen molar-refractivity contribution in [3.63, 3.8) is 0 Å². The van der Waals surface area contributed by atoms with Crippen LogP contribution in [-0.2, 0) is 0 Å². The fourth-order valence-corrected chi connectivity index (χ4v) is 2.03. The first kappa shape index (κ1) is 14.0. The molecule has 0 heterocycles. The topological polar surface area (TPSA) is 56.0 Å². The van der Waals surface area contributed by atoms with Gasteiger partial charge in [0.15, 0.2) is 0 Å². The van der Waals surface area contributed by atoms with Crippen molar-refractivity contribution in [2.75, 3.05) is 11.9 Å². The summed E-state index contributed by atoms with van der Waals surface area (Å²) in [6, 6.07) is 7.55. The van der Waals surface area contributed by atoms with E-state index in [0.29, 0.717) is 12.1 Å². The third-order valence-electron chi connectivity index (χ3n) is 2.55. The van der Waals surface area contributed by atoms with Crippen molar-refractivity contribution in [3.05, 3.63) is 28.2 Å². The van der Waals surface area contributed by atoms with Crippen LogP contribution in [0, 0.1) is 11.3 Å². The second-order valence-electron chi connectivity index (χ2n) is 4.40. The maximum absolute atomic E-state index is 10.1. The number of benzene rings is 1. The molecule has 1 rings (SSSR count). The van der Waals surface area contributed by atoms with Gasteiger partial charge in [-0.1, -0.05) is 29.3 Å². The molecule has 1 aromatic carbocycles. The number of hydrogen-bond acceptors (Lipinski definition) is 3. The van der Waals surface area contributed by atoms with E-state index in [9.17, 15) is 5.11 Å². The van der Waals surface area contributed by atoms with Crippen LogP contribution in [0.4, 0.5) is 5.69 Å². The maximum atomic E-state index is 10.1. The van der Waals surface area contributed by atoms with Gasteiger partial charge in [-0.15, -0.1) is 0 Å². The molecule has 0 radical (unpaired) electrons. The molecule has 0 saturated heterocycles. The van der Waals surface area contributed by atoms with Crippen molar-refractivity contribution < 1.29 is 5.11 Å². The third-order valence-corrected chi connectivity index (χ3v) is 3.04. The Bertz CT molecular complexity index is 424. The smallest absolute Gasteiger partial charge is 0.101 e. The Balaban J connectivity index is 2.75. The summed E-state index contributed by atoms with van der Waals surface area (Å²) >= 11 is 3.36. The summed E-state index contributed by atoms with van der Waals surface area (Å²) in [5, 5.41) is 22.2. The standard InChI is InChI=1S/C13H17BrN2O/c1-3-6-13(2,17)9-16-12-7-11(14)5-4-10(12)8-15/h4-5,7,16-17H,3,6,9H2,1-2H3. The van der Waals surface area contributed by atoms with Gasteiger partial charge in [0.2, 0.25) is 0 Å². The molecule has 2 N–H and O–H groups in total. The zero-order valence-corrected chi connectivity index (χ0v) is 11.7. The highest BCUT2D eigenvalue weighted by Crippen LogP contribution is 2.22. The first-order valence-electron chi connectivity index (χ1n) is 5.64. The van der Waals surface area contributed by atoms with Crippen molar-refractivity contribution in [2.24, 2.45) is 0 Å². The molecule has 0 aliphatic heterocycles. The van der Waals surface area contributed by atoms with E-state index >= 15 is 0 Å². The molecule has 3 nitrogen and oxygen atoms in total. The van der Waals surface area contributed by atoms with Crippen LogP contribution in [0.3, 0.4) is 0 Å². The zero-order valence-electron chi connectivity index (χ0n) is 10.1. The van der Waals surface area contributed by atoms with Crippen molar-refractivity contribution in [3.8, 4) is 6.07 Å². The summed E-state index contributed by atoms with van der Waals surface area (Å²) in [4.78, 5) is 0. The van der Waals surface area contributed by atoms with E-state index < -0.39 is 5.60 Å². The molecular weight excluding hydrogens is 280 g/mol. The monoisotopic (exact) mass is 296 g/mol. The lowest BCUT2D eigenvalue weighted by Gasteiger charge is -2.24. The van der Waals surface area contributed by atoms with Crippen LogP contribution in [0.15, 0.2) is 22.7 Å². The van der Waals surface area contributed by atoms with Crippen molar-refractivity contribution in [2.45, 2.75) is 32.3 Å². The normalized spacial score (nSPS) is 13.8. The minimum atomic E-state index is -0.746. The first-order valence-corrected chi connectivity index (χ1v) is 6.43. The molecule has 1 unspecified atom stereocenters. The molecule has 0 aliphatic rings. The third kappa shape index (κ3) is 4.37. The van der Waals surface area contributed by atoms with Crippen LogP contribution in [-0.4, -0.2) is 17.3 Å². The summed E-state index contributed by atoms with van der Waals surface area (Å²) in [5.74, 6) is 0. The van der Waals surface area contributed by atoms with Gasteiger partial charge in [-0.05, 0) is 31.5 Å². The fourth-order valence-electron chi connectivity index (χ4n) is 1.67. The Morgan fingerprint density at radius 1 is 1.53 bits per heavy atom. The lowest BCUT2D eigenvalue weighted by Crippen LogP contribution is -2.33. The molecular formula is C13H17BrN2O. The molecule has 0 amide bonds. The molecule has 1 atom stereocenters. The number of hydrogen-bond donors (Lipinski definition) is 2. The maximum Gasteiger partial charge on any atom is 0.101 e. The van der Waals surface area contributed by atoms with E-state index in [2.05, 4.69) is 27.3 Å². The molecule has 0 fully saturated rings. The molecule has 17 heavy (non-hydrogen) atoms. The van der Waals surface area contributed by atoms with Crippen molar-refractivity contribution in [1.82, 2.24) is 0 Å². The van der Waals surface area contributed by atoms with E-state index in [1.165, 1.54) is 0 Å². The highest BCUT2D eigenvalue weighted by atomic mass is 79.9. The molecule has 0 bridgehead atoms. The van der Waals surface area contributed by atoms with E-state index in [4.69, 9.17) is 5.26 Å². The lowest BCUT2D eigenvalue weighted by atomic mass is 10.0. The highest BCUT2D eigenvalue weighted by Gasteiger charge is 2.19. The Morgan fingerprint density at radius 2 is 2.24 bits per heavy atom. The van der Waals surface area contributed by atoms with Gasteiger partial charge in [0, 0.05) is 11.0 Å². The molecule has 0 spiro atoms. The molecule has 0 aromatic heterocycles. The van der Waals surface area contributed by atoms with Gasteiger partial charge < -0.3 is 10.4 Å². The van der Waals surface area contributed by atoms with Gasteiger partial charge in [-0.25, -0.2) is 0 Å². The second kappa shape index (κ2) is 6.04. The Labute approximate surface area is 111 Å². The average molecular weight is 297 g/mol. The predicted molar refractivity (Wildman–Crippen MR) is 72.9 cm³/mol. The Kier molecular flexibility index (Phi) is 4.98. The van der Waals surface area contributed by atoms with Crippen LogP contribution < -0.4 is 5.32 Å². The van der Waals surface area contributed by atoms with Crippen molar-refractivity contribution >= 4 is 21.6 Å². The summed E-state index contributed by atoms with van der Waals surface area (Å²) < 4.78 is 0.911. The minimum Gasteiger partial charge on any atom is -0.388 e. The highest BCUT2D eigenvalue weighted by molar-refractivity contribution is 9.10. The van der Waals surface area contributed by atoms with Crippen LogP contribution in [0.5, 0.6) is 0 Å². The SMILES string of the molecule is CCCC(C)(O)CNc1cc(Br)ccc1C#N. The number of nitriles is 1. The van der Waals surface area contributed by atoms with Crippen LogP contribution >= 0.6 is 15.9 Å². The van der Waals surface area contributed by atoms with E-state index in [1.54, 1.807) is 13.0 Å². The quantitative estimate of drug-likeness (QED) is 0.877. The summed E-state index contributed by atoms with van der Waals surface area (Å²) in [6.07, 6.45) is 1.66. The van der Waals surface area contributed by atoms with Gasteiger partial charge in [-0.2, -0.15) is 5.26 Å². The van der Waals surface area contributed by atoms with Gasteiger partial charge in [-0.3, -0.25) is 0 Å².